The molecule has 5 heteroatoms. The van der Waals surface area contributed by atoms with Gasteiger partial charge in [-0.05, 0) is 17.5 Å². The zero-order chi connectivity index (χ0) is 14.6. The first-order valence-corrected chi connectivity index (χ1v) is 6.15. The van der Waals surface area contributed by atoms with Crippen LogP contribution in [0.4, 0.5) is 5.69 Å². The van der Waals surface area contributed by atoms with Crippen LogP contribution in [0.5, 0.6) is 0 Å². The van der Waals surface area contributed by atoms with Crippen molar-refractivity contribution >= 4 is 17.5 Å². The van der Waals surface area contributed by atoms with E-state index in [1.165, 1.54) is 0 Å². The van der Waals surface area contributed by atoms with Gasteiger partial charge in [0.15, 0.2) is 0 Å². The van der Waals surface area contributed by atoms with Crippen LogP contribution in [0.1, 0.15) is 31.1 Å². The maximum atomic E-state index is 12.1. The number of anilines is 1. The van der Waals surface area contributed by atoms with Crippen molar-refractivity contribution in [2.45, 2.75) is 26.8 Å². The molecule has 0 aliphatic heterocycles. The van der Waals surface area contributed by atoms with Gasteiger partial charge in [-0.15, -0.1) is 0 Å². The molecule has 0 heterocycles. The smallest absolute Gasteiger partial charge is 0.253 e. The summed E-state index contributed by atoms with van der Waals surface area (Å²) in [6.45, 7) is 5.67. The lowest BCUT2D eigenvalue weighted by molar-refractivity contribution is -0.119. The van der Waals surface area contributed by atoms with E-state index in [-0.39, 0.29) is 17.2 Å². The summed E-state index contributed by atoms with van der Waals surface area (Å²) in [5, 5.41) is 5.24. The van der Waals surface area contributed by atoms with Crippen LogP contribution < -0.4 is 16.4 Å². The third-order valence-electron chi connectivity index (χ3n) is 2.87. The molecule has 0 aliphatic carbocycles. The van der Waals surface area contributed by atoms with Crippen molar-refractivity contribution in [1.82, 2.24) is 5.32 Å². The van der Waals surface area contributed by atoms with E-state index in [1.54, 1.807) is 31.3 Å². The molecule has 1 aromatic carbocycles. The number of nitrogens with two attached hydrogens (primary N) is 1. The van der Waals surface area contributed by atoms with Gasteiger partial charge >= 0.3 is 0 Å². The Morgan fingerprint density at radius 2 is 1.79 bits per heavy atom. The van der Waals surface area contributed by atoms with Crippen LogP contribution in [-0.4, -0.2) is 24.9 Å². The van der Waals surface area contributed by atoms with Gasteiger partial charge < -0.3 is 16.4 Å². The van der Waals surface area contributed by atoms with Crippen LogP contribution in [0.2, 0.25) is 0 Å². The van der Waals surface area contributed by atoms with Gasteiger partial charge in [-0.25, -0.2) is 0 Å². The summed E-state index contributed by atoms with van der Waals surface area (Å²) in [7, 11) is 1.54. The fraction of sp³-hybridized carbons (Fsp3) is 0.429. The third-order valence-corrected chi connectivity index (χ3v) is 2.87. The molecule has 1 rings (SSSR count). The van der Waals surface area contributed by atoms with Crippen LogP contribution in [0.15, 0.2) is 24.3 Å². The highest BCUT2D eigenvalue weighted by Gasteiger charge is 2.28. The molecule has 0 aromatic heterocycles. The highest BCUT2D eigenvalue weighted by molar-refractivity contribution is 6.04. The minimum atomic E-state index is -0.648. The normalized spacial score (nSPS) is 12.7. The Balaban J connectivity index is 2.95. The second-order valence-electron chi connectivity index (χ2n) is 5.46. The van der Waals surface area contributed by atoms with Crippen molar-refractivity contribution in [1.29, 1.82) is 0 Å². The number of amides is 2. The Labute approximate surface area is 113 Å². The maximum absolute atomic E-state index is 12.1. The molecule has 0 aliphatic rings. The summed E-state index contributed by atoms with van der Waals surface area (Å²) in [6.07, 6.45) is 0. The molecule has 0 bridgehead atoms. The van der Waals surface area contributed by atoms with Gasteiger partial charge in [-0.1, -0.05) is 32.9 Å². The lowest BCUT2D eigenvalue weighted by Gasteiger charge is -2.26. The molecule has 1 atom stereocenters. The van der Waals surface area contributed by atoms with Gasteiger partial charge in [0.25, 0.3) is 5.91 Å². The van der Waals surface area contributed by atoms with Crippen LogP contribution in [0.3, 0.4) is 0 Å². The van der Waals surface area contributed by atoms with Gasteiger partial charge in [-0.2, -0.15) is 0 Å². The maximum Gasteiger partial charge on any atom is 0.253 e. The zero-order valence-corrected chi connectivity index (χ0v) is 11.8. The Bertz CT molecular complexity index is 478. The van der Waals surface area contributed by atoms with Crippen molar-refractivity contribution < 1.29 is 9.59 Å². The van der Waals surface area contributed by atoms with Gasteiger partial charge in [0, 0.05) is 7.05 Å². The predicted octanol–water partition coefficient (Wildman–Crippen LogP) is 1.36. The number of rotatable bonds is 3. The molecule has 1 aromatic rings. The molecule has 0 fully saturated rings. The molecule has 104 valence electrons. The van der Waals surface area contributed by atoms with E-state index in [0.29, 0.717) is 11.3 Å². The molecule has 19 heavy (non-hydrogen) atoms. The molecule has 0 spiro atoms. The van der Waals surface area contributed by atoms with Crippen LogP contribution >= 0.6 is 0 Å². The van der Waals surface area contributed by atoms with E-state index >= 15 is 0 Å². The van der Waals surface area contributed by atoms with E-state index < -0.39 is 6.04 Å². The molecule has 2 amide bonds. The van der Waals surface area contributed by atoms with Crippen molar-refractivity contribution in [2.75, 3.05) is 12.4 Å². The van der Waals surface area contributed by atoms with Gasteiger partial charge in [0.2, 0.25) is 5.91 Å². The number of carbonyl (C=O) groups is 2. The summed E-state index contributed by atoms with van der Waals surface area (Å²) in [5.74, 6) is -0.552. The van der Waals surface area contributed by atoms with Gasteiger partial charge in [0.1, 0.15) is 0 Å². The number of hydrogen-bond donors (Lipinski definition) is 3. The number of nitrogens with one attached hydrogen (secondary N) is 2. The molecule has 5 nitrogen and oxygen atoms in total. The summed E-state index contributed by atoms with van der Waals surface area (Å²) in [5.41, 5.74) is 6.43. The number of hydrogen-bond acceptors (Lipinski definition) is 3. The Morgan fingerprint density at radius 3 is 2.32 bits per heavy atom. The zero-order valence-electron chi connectivity index (χ0n) is 11.8. The Hall–Kier alpha value is -1.88. The second-order valence-corrected chi connectivity index (χ2v) is 5.46. The van der Waals surface area contributed by atoms with E-state index in [9.17, 15) is 9.59 Å². The third kappa shape index (κ3) is 3.79. The van der Waals surface area contributed by atoms with E-state index in [1.807, 2.05) is 20.8 Å². The van der Waals surface area contributed by atoms with Crippen molar-refractivity contribution in [3.05, 3.63) is 29.8 Å². The Morgan fingerprint density at radius 1 is 1.21 bits per heavy atom. The van der Waals surface area contributed by atoms with Crippen molar-refractivity contribution in [3.63, 3.8) is 0 Å². The number of para-hydroxylation sites is 1. The average molecular weight is 263 g/mol. The first-order chi connectivity index (χ1) is 8.77. The minimum Gasteiger partial charge on any atom is -0.355 e. The molecular weight excluding hydrogens is 242 g/mol. The quantitative estimate of drug-likeness (QED) is 0.769. The van der Waals surface area contributed by atoms with Crippen LogP contribution in [0.25, 0.3) is 0 Å². The first-order valence-electron chi connectivity index (χ1n) is 6.15. The summed E-state index contributed by atoms with van der Waals surface area (Å²) < 4.78 is 0. The molecule has 0 radical (unpaired) electrons. The molecule has 1 unspecified atom stereocenters. The molecular formula is C14H21N3O2. The molecule has 4 N–H and O–H groups in total. The standard InChI is InChI=1S/C14H21N3O2/c1-14(2,3)11(15)13(19)17-10-8-6-5-7-9(10)12(18)16-4/h5-8,11H,15H2,1-4H3,(H,16,18)(H,17,19). The molecule has 0 saturated carbocycles. The number of benzene rings is 1. The van der Waals surface area contributed by atoms with Crippen LogP contribution in [0, 0.1) is 5.41 Å². The number of carbonyl (C=O) groups excluding carboxylic acids is 2. The van der Waals surface area contributed by atoms with E-state index in [4.69, 9.17) is 5.73 Å². The molecule has 0 saturated heterocycles. The van der Waals surface area contributed by atoms with Gasteiger partial charge in [0.05, 0.1) is 17.3 Å². The highest BCUT2D eigenvalue weighted by Crippen LogP contribution is 2.20. The fourth-order valence-corrected chi connectivity index (χ4v) is 1.53. The predicted molar refractivity (Wildman–Crippen MR) is 75.9 cm³/mol. The Kier molecular flexibility index (Phi) is 4.67. The largest absolute Gasteiger partial charge is 0.355 e. The van der Waals surface area contributed by atoms with Gasteiger partial charge in [-0.3, -0.25) is 9.59 Å². The van der Waals surface area contributed by atoms with E-state index in [0.717, 1.165) is 0 Å². The van der Waals surface area contributed by atoms with Crippen molar-refractivity contribution in [3.8, 4) is 0 Å². The SMILES string of the molecule is CNC(=O)c1ccccc1NC(=O)C(N)C(C)(C)C. The summed E-state index contributed by atoms with van der Waals surface area (Å²) in [6, 6.07) is 6.17. The second kappa shape index (κ2) is 5.84. The fourth-order valence-electron chi connectivity index (χ4n) is 1.53. The topological polar surface area (TPSA) is 84.2 Å². The summed E-state index contributed by atoms with van der Waals surface area (Å²) >= 11 is 0. The lowest BCUT2D eigenvalue weighted by atomic mass is 9.87. The monoisotopic (exact) mass is 263 g/mol. The van der Waals surface area contributed by atoms with E-state index in [2.05, 4.69) is 10.6 Å². The summed E-state index contributed by atoms with van der Waals surface area (Å²) in [4.78, 5) is 23.7. The van der Waals surface area contributed by atoms with Crippen molar-refractivity contribution in [2.24, 2.45) is 11.1 Å². The average Bonchev–Trinajstić information content (AvgIpc) is 2.36. The lowest BCUT2D eigenvalue weighted by Crippen LogP contribution is -2.45. The highest BCUT2D eigenvalue weighted by atomic mass is 16.2. The van der Waals surface area contributed by atoms with Crippen LogP contribution in [-0.2, 0) is 4.79 Å². The minimum absolute atomic E-state index is 0.250. The first kappa shape index (κ1) is 15.2.